The first kappa shape index (κ1) is 16.6. The van der Waals surface area contributed by atoms with E-state index >= 15 is 0 Å². The molecular weight excluding hydrogens is 401 g/mol. The minimum atomic E-state index is -3.90. The highest BCUT2D eigenvalue weighted by Crippen LogP contribution is 2.31. The fraction of sp³-hybridized carbons (Fsp3) is 0.0769. The lowest BCUT2D eigenvalue weighted by Crippen LogP contribution is -2.14. The average molecular weight is 411 g/mol. The van der Waals surface area contributed by atoms with E-state index in [0.29, 0.717) is 5.69 Å². The normalized spacial score (nSPS) is 11.4. The van der Waals surface area contributed by atoms with E-state index < -0.39 is 16.6 Å². The number of aliphatic hydroxyl groups excluding tert-OH is 1. The molecule has 0 aliphatic heterocycles. The molecule has 0 fully saturated rings. The van der Waals surface area contributed by atoms with Crippen LogP contribution in [0.3, 0.4) is 0 Å². The van der Waals surface area contributed by atoms with Crippen LogP contribution in [0.4, 0.5) is 5.69 Å². The summed E-state index contributed by atoms with van der Waals surface area (Å²) in [7, 11) is -3.90. The summed E-state index contributed by atoms with van der Waals surface area (Å²) in [6.07, 6.45) is 0. The highest BCUT2D eigenvalue weighted by molar-refractivity contribution is 9.10. The van der Waals surface area contributed by atoms with E-state index in [1.54, 1.807) is 24.3 Å². The number of hydrogen-bond acceptors (Lipinski definition) is 3. The Morgan fingerprint density at radius 3 is 2.33 bits per heavy atom. The van der Waals surface area contributed by atoms with Crippen molar-refractivity contribution in [2.75, 3.05) is 4.72 Å². The van der Waals surface area contributed by atoms with Gasteiger partial charge in [-0.15, -0.1) is 0 Å². The van der Waals surface area contributed by atoms with Crippen molar-refractivity contribution in [2.45, 2.75) is 11.5 Å². The van der Waals surface area contributed by atoms with Crippen LogP contribution in [0.2, 0.25) is 10.0 Å². The van der Waals surface area contributed by atoms with Gasteiger partial charge in [-0.2, -0.15) is 0 Å². The Kier molecular flexibility index (Phi) is 5.16. The van der Waals surface area contributed by atoms with Gasteiger partial charge in [0.05, 0.1) is 11.6 Å². The van der Waals surface area contributed by atoms with E-state index in [1.807, 2.05) is 0 Å². The van der Waals surface area contributed by atoms with Crippen molar-refractivity contribution in [3.05, 3.63) is 56.5 Å². The van der Waals surface area contributed by atoms with Crippen molar-refractivity contribution in [3.63, 3.8) is 0 Å². The maximum absolute atomic E-state index is 12.4. The smallest absolute Gasteiger partial charge is 0.263 e. The lowest BCUT2D eigenvalue weighted by molar-refractivity contribution is 0.281. The molecule has 0 saturated carbocycles. The van der Waals surface area contributed by atoms with Crippen molar-refractivity contribution in [3.8, 4) is 0 Å². The van der Waals surface area contributed by atoms with Crippen LogP contribution in [-0.4, -0.2) is 13.5 Å². The summed E-state index contributed by atoms with van der Waals surface area (Å²) in [5, 5.41) is 9.32. The lowest BCUT2D eigenvalue weighted by Gasteiger charge is -2.12. The van der Waals surface area contributed by atoms with Crippen LogP contribution in [0.1, 0.15) is 5.56 Å². The minimum Gasteiger partial charge on any atom is -0.392 e. The first-order valence-electron chi connectivity index (χ1n) is 5.70. The third-order valence-corrected chi connectivity index (χ3v) is 5.35. The largest absolute Gasteiger partial charge is 0.392 e. The second kappa shape index (κ2) is 6.54. The quantitative estimate of drug-likeness (QED) is 0.798. The zero-order valence-electron chi connectivity index (χ0n) is 10.5. The fourth-order valence-corrected chi connectivity index (χ4v) is 3.91. The van der Waals surface area contributed by atoms with Gasteiger partial charge in [0.25, 0.3) is 10.0 Å². The van der Waals surface area contributed by atoms with E-state index in [2.05, 4.69) is 20.7 Å². The molecule has 0 amide bonds. The SMILES string of the molecule is O=S(=O)(Nc1ccc(Br)cc1)c1cc(Cl)cc(CO)c1Cl. The molecule has 112 valence electrons. The van der Waals surface area contributed by atoms with Gasteiger partial charge < -0.3 is 5.11 Å². The van der Waals surface area contributed by atoms with E-state index in [9.17, 15) is 13.5 Å². The van der Waals surface area contributed by atoms with Crippen molar-refractivity contribution in [2.24, 2.45) is 0 Å². The van der Waals surface area contributed by atoms with Gasteiger partial charge in [-0.25, -0.2) is 8.42 Å². The van der Waals surface area contributed by atoms with Gasteiger partial charge in [0, 0.05) is 15.2 Å². The molecular formula is C13H10BrCl2NO3S. The molecule has 0 heterocycles. The maximum Gasteiger partial charge on any atom is 0.263 e. The maximum atomic E-state index is 12.4. The van der Waals surface area contributed by atoms with Gasteiger partial charge in [-0.1, -0.05) is 39.1 Å². The molecule has 0 radical (unpaired) electrons. The van der Waals surface area contributed by atoms with Gasteiger partial charge in [-0.3, -0.25) is 4.72 Å². The predicted octanol–water partition coefficient (Wildman–Crippen LogP) is 4.05. The number of halogens is 3. The van der Waals surface area contributed by atoms with Gasteiger partial charge in [0.2, 0.25) is 0 Å². The number of sulfonamides is 1. The van der Waals surface area contributed by atoms with Crippen LogP contribution in [0.25, 0.3) is 0 Å². The standard InChI is InChI=1S/C13H10BrCl2NO3S/c14-9-1-3-11(4-2-9)17-21(19,20)12-6-10(15)5-8(7-18)13(12)16/h1-6,17-18H,7H2. The van der Waals surface area contributed by atoms with Crippen molar-refractivity contribution < 1.29 is 13.5 Å². The molecule has 8 heteroatoms. The van der Waals surface area contributed by atoms with Gasteiger partial charge >= 0.3 is 0 Å². The second-order valence-electron chi connectivity index (χ2n) is 4.15. The van der Waals surface area contributed by atoms with Crippen LogP contribution < -0.4 is 4.72 Å². The average Bonchev–Trinajstić information content (AvgIpc) is 2.43. The highest BCUT2D eigenvalue weighted by atomic mass is 79.9. The number of hydrogen-bond donors (Lipinski definition) is 2. The Morgan fingerprint density at radius 2 is 1.76 bits per heavy atom. The highest BCUT2D eigenvalue weighted by Gasteiger charge is 2.21. The predicted molar refractivity (Wildman–Crippen MR) is 87.3 cm³/mol. The number of benzene rings is 2. The Hall–Kier alpha value is -0.790. The number of nitrogens with one attached hydrogen (secondary N) is 1. The molecule has 0 atom stereocenters. The molecule has 2 aromatic carbocycles. The van der Waals surface area contributed by atoms with Gasteiger partial charge in [0.1, 0.15) is 4.90 Å². The van der Waals surface area contributed by atoms with Crippen molar-refractivity contribution >= 4 is 54.8 Å². The fourth-order valence-electron chi connectivity index (χ4n) is 1.66. The number of rotatable bonds is 4. The van der Waals surface area contributed by atoms with Crippen molar-refractivity contribution in [1.29, 1.82) is 0 Å². The molecule has 0 unspecified atom stereocenters. The topological polar surface area (TPSA) is 66.4 Å². The lowest BCUT2D eigenvalue weighted by atomic mass is 10.2. The molecule has 0 aliphatic rings. The molecule has 21 heavy (non-hydrogen) atoms. The van der Waals surface area contributed by atoms with E-state index in [-0.39, 0.29) is 20.5 Å². The summed E-state index contributed by atoms with van der Waals surface area (Å²) in [4.78, 5) is -0.177. The summed E-state index contributed by atoms with van der Waals surface area (Å²) in [5.41, 5.74) is 0.639. The molecule has 2 rings (SSSR count). The van der Waals surface area contributed by atoms with Crippen LogP contribution in [0.5, 0.6) is 0 Å². The van der Waals surface area contributed by atoms with E-state index in [0.717, 1.165) is 4.47 Å². The summed E-state index contributed by atoms with van der Waals surface area (Å²) in [6, 6.07) is 9.28. The zero-order valence-corrected chi connectivity index (χ0v) is 14.4. The van der Waals surface area contributed by atoms with Gasteiger partial charge in [0.15, 0.2) is 0 Å². The molecule has 0 aromatic heterocycles. The molecule has 4 nitrogen and oxygen atoms in total. The Morgan fingerprint density at radius 1 is 1.14 bits per heavy atom. The van der Waals surface area contributed by atoms with Crippen LogP contribution in [-0.2, 0) is 16.6 Å². The Balaban J connectivity index is 2.44. The summed E-state index contributed by atoms with van der Waals surface area (Å²) < 4.78 is 28.0. The Bertz CT molecular complexity index is 764. The van der Waals surface area contributed by atoms with E-state index in [4.69, 9.17) is 23.2 Å². The second-order valence-corrected chi connectivity index (χ2v) is 7.53. The minimum absolute atomic E-state index is 0.0495. The molecule has 0 aliphatic carbocycles. The molecule has 2 aromatic rings. The van der Waals surface area contributed by atoms with Crippen LogP contribution in [0, 0.1) is 0 Å². The molecule has 2 N–H and O–H groups in total. The third kappa shape index (κ3) is 3.90. The monoisotopic (exact) mass is 409 g/mol. The molecule has 0 bridgehead atoms. The van der Waals surface area contributed by atoms with E-state index in [1.165, 1.54) is 12.1 Å². The Labute approximate surface area is 140 Å². The zero-order chi connectivity index (χ0) is 15.6. The summed E-state index contributed by atoms with van der Waals surface area (Å²) in [6.45, 7) is -0.403. The molecule has 0 spiro atoms. The van der Waals surface area contributed by atoms with Crippen LogP contribution in [0.15, 0.2) is 45.8 Å². The third-order valence-electron chi connectivity index (χ3n) is 2.64. The number of aliphatic hydroxyl groups is 1. The van der Waals surface area contributed by atoms with Crippen LogP contribution >= 0.6 is 39.1 Å². The number of anilines is 1. The first-order valence-corrected chi connectivity index (χ1v) is 8.74. The summed E-state index contributed by atoms with van der Waals surface area (Å²) in [5.74, 6) is 0. The summed E-state index contributed by atoms with van der Waals surface area (Å²) >= 11 is 15.1. The molecule has 0 saturated heterocycles. The first-order chi connectivity index (χ1) is 9.83. The van der Waals surface area contributed by atoms with Gasteiger partial charge in [-0.05, 0) is 42.0 Å². The van der Waals surface area contributed by atoms with Crippen molar-refractivity contribution in [1.82, 2.24) is 0 Å².